The van der Waals surface area contributed by atoms with Gasteiger partial charge in [-0.1, -0.05) is 43.7 Å². The minimum atomic E-state index is -4.56. The number of anilines is 1. The van der Waals surface area contributed by atoms with Gasteiger partial charge in [0.1, 0.15) is 18.9 Å². The van der Waals surface area contributed by atoms with Gasteiger partial charge in [-0.25, -0.2) is 4.39 Å². The van der Waals surface area contributed by atoms with Crippen LogP contribution in [-0.2, 0) is 11.2 Å². The molecule has 1 aliphatic rings. The van der Waals surface area contributed by atoms with E-state index in [0.29, 0.717) is 17.5 Å². The van der Waals surface area contributed by atoms with Crippen molar-refractivity contribution in [2.24, 2.45) is 4.99 Å². The average molecular weight is 392 g/mol. The molecular formula is C21H20F4N2O. The number of para-hydroxylation sites is 1. The molecule has 3 rings (SSSR count). The highest BCUT2D eigenvalue weighted by atomic mass is 19.4. The lowest BCUT2D eigenvalue weighted by Gasteiger charge is -2.27. The number of amides is 1. The minimum Gasteiger partial charge on any atom is -0.301 e. The predicted octanol–water partition coefficient (Wildman–Crippen LogP) is 4.91. The van der Waals surface area contributed by atoms with Crippen LogP contribution in [0.1, 0.15) is 36.5 Å². The van der Waals surface area contributed by atoms with E-state index >= 15 is 0 Å². The van der Waals surface area contributed by atoms with Gasteiger partial charge in [0.15, 0.2) is 0 Å². The topological polar surface area (TPSA) is 32.7 Å². The van der Waals surface area contributed by atoms with Crippen LogP contribution < -0.4 is 4.90 Å². The smallest absolute Gasteiger partial charge is 0.301 e. The van der Waals surface area contributed by atoms with Gasteiger partial charge in [0, 0.05) is 11.1 Å². The van der Waals surface area contributed by atoms with Crippen molar-refractivity contribution in [3.05, 3.63) is 65.0 Å². The maximum atomic E-state index is 14.4. The van der Waals surface area contributed by atoms with Crippen molar-refractivity contribution in [2.45, 2.75) is 32.4 Å². The first-order chi connectivity index (χ1) is 13.3. The molecule has 0 radical (unpaired) electrons. The highest BCUT2D eigenvalue weighted by Crippen LogP contribution is 2.34. The summed E-state index contributed by atoms with van der Waals surface area (Å²) in [4.78, 5) is 17.5. The summed E-state index contributed by atoms with van der Waals surface area (Å²) in [7, 11) is 0. The van der Waals surface area contributed by atoms with Gasteiger partial charge in [0.25, 0.3) is 0 Å². The second-order valence-corrected chi connectivity index (χ2v) is 6.66. The van der Waals surface area contributed by atoms with Gasteiger partial charge in [0.2, 0.25) is 5.91 Å². The first-order valence-electron chi connectivity index (χ1n) is 9.10. The Morgan fingerprint density at radius 2 is 1.79 bits per heavy atom. The number of carbonyl (C=O) groups excluding carboxylic acids is 1. The van der Waals surface area contributed by atoms with Crippen LogP contribution in [0, 0.1) is 5.82 Å². The summed E-state index contributed by atoms with van der Waals surface area (Å²) < 4.78 is 54.1. The van der Waals surface area contributed by atoms with Crippen molar-refractivity contribution < 1.29 is 22.4 Å². The second kappa shape index (κ2) is 8.12. The number of aryl methyl sites for hydroxylation is 1. The Labute approximate surface area is 160 Å². The minimum absolute atomic E-state index is 0.165. The first-order valence-corrected chi connectivity index (χ1v) is 9.10. The molecule has 7 heteroatoms. The zero-order chi connectivity index (χ0) is 20.3. The summed E-state index contributed by atoms with van der Waals surface area (Å²) in [5, 5.41) is 0. The van der Waals surface area contributed by atoms with Gasteiger partial charge in [-0.3, -0.25) is 9.79 Å². The summed E-state index contributed by atoms with van der Waals surface area (Å²) in [6.07, 6.45) is -2.43. The number of halogens is 4. The van der Waals surface area contributed by atoms with Crippen LogP contribution >= 0.6 is 0 Å². The molecule has 1 aliphatic heterocycles. The average Bonchev–Trinajstić information content (AvgIpc) is 2.77. The highest BCUT2D eigenvalue weighted by molar-refractivity contribution is 6.20. The van der Waals surface area contributed by atoms with Gasteiger partial charge in [-0.15, -0.1) is 0 Å². The monoisotopic (exact) mass is 392 g/mol. The Kier molecular flexibility index (Phi) is 5.82. The van der Waals surface area contributed by atoms with E-state index in [2.05, 4.69) is 4.99 Å². The Morgan fingerprint density at radius 1 is 1.07 bits per heavy atom. The number of nitrogens with zero attached hydrogens (tertiary/aromatic N) is 2. The third kappa shape index (κ3) is 4.24. The standard InChI is InChI=1S/C21H20F4N2O/c1-2-3-7-14-8-6-10-16-19(15-9-4-5-11-17(15)22)26-12-18(28)27(20(14)16)13-21(23,24)25/h4-6,8-11H,2-3,7,12-13H2,1H3. The number of rotatable bonds is 5. The molecule has 0 saturated heterocycles. The summed E-state index contributed by atoms with van der Waals surface area (Å²) in [6.45, 7) is 0.107. The largest absolute Gasteiger partial charge is 0.406 e. The summed E-state index contributed by atoms with van der Waals surface area (Å²) >= 11 is 0. The molecule has 0 saturated carbocycles. The van der Waals surface area contributed by atoms with Crippen molar-refractivity contribution in [3.63, 3.8) is 0 Å². The molecule has 0 bridgehead atoms. The summed E-state index contributed by atoms with van der Waals surface area (Å²) in [5.74, 6) is -1.29. The molecular weight excluding hydrogens is 372 g/mol. The van der Waals surface area contributed by atoms with Gasteiger partial charge in [-0.2, -0.15) is 13.2 Å². The molecule has 2 aromatic carbocycles. The molecule has 1 heterocycles. The van der Waals surface area contributed by atoms with Gasteiger partial charge >= 0.3 is 6.18 Å². The number of benzodiazepines with no additional fused rings is 1. The number of fused-ring (bicyclic) bond motifs is 1. The number of hydrogen-bond donors (Lipinski definition) is 0. The number of hydrogen-bond acceptors (Lipinski definition) is 2. The maximum Gasteiger partial charge on any atom is 0.406 e. The zero-order valence-electron chi connectivity index (χ0n) is 15.4. The van der Waals surface area contributed by atoms with Crippen LogP contribution in [0.15, 0.2) is 47.5 Å². The van der Waals surface area contributed by atoms with Gasteiger partial charge in [0.05, 0.1) is 11.4 Å². The Morgan fingerprint density at radius 3 is 2.46 bits per heavy atom. The molecule has 0 spiro atoms. The number of aliphatic imine (C=N–C) groups is 1. The summed E-state index contributed by atoms with van der Waals surface area (Å²) in [5.41, 5.74) is 1.51. The fraction of sp³-hybridized carbons (Fsp3) is 0.333. The summed E-state index contributed by atoms with van der Waals surface area (Å²) in [6, 6.07) is 11.0. The fourth-order valence-corrected chi connectivity index (χ4v) is 3.34. The van der Waals surface area contributed by atoms with Gasteiger partial charge in [-0.05, 0) is 30.5 Å². The van der Waals surface area contributed by atoms with Crippen molar-refractivity contribution in [1.29, 1.82) is 0 Å². The van der Waals surface area contributed by atoms with E-state index in [9.17, 15) is 22.4 Å². The van der Waals surface area contributed by atoms with Crippen molar-refractivity contribution in [2.75, 3.05) is 18.0 Å². The zero-order valence-corrected chi connectivity index (χ0v) is 15.4. The molecule has 0 atom stereocenters. The Bertz CT molecular complexity index is 906. The molecule has 0 unspecified atom stereocenters. The van der Waals surface area contributed by atoms with Crippen LogP contribution in [0.5, 0.6) is 0 Å². The Hall–Kier alpha value is -2.70. The van der Waals surface area contributed by atoms with Crippen LogP contribution in [0.2, 0.25) is 0 Å². The van der Waals surface area contributed by atoms with E-state index in [1.165, 1.54) is 18.2 Å². The van der Waals surface area contributed by atoms with E-state index in [4.69, 9.17) is 0 Å². The molecule has 148 valence electrons. The van der Waals surface area contributed by atoms with E-state index in [0.717, 1.165) is 17.7 Å². The first kappa shape index (κ1) is 20.0. The van der Waals surface area contributed by atoms with Crippen molar-refractivity contribution in [3.8, 4) is 0 Å². The number of carbonyl (C=O) groups is 1. The lowest BCUT2D eigenvalue weighted by molar-refractivity contribution is -0.131. The third-order valence-corrected chi connectivity index (χ3v) is 4.58. The third-order valence-electron chi connectivity index (χ3n) is 4.58. The number of benzene rings is 2. The molecule has 0 aliphatic carbocycles. The lowest BCUT2D eigenvalue weighted by Crippen LogP contribution is -2.40. The van der Waals surface area contributed by atoms with Crippen LogP contribution in [-0.4, -0.2) is 30.9 Å². The molecule has 28 heavy (non-hydrogen) atoms. The lowest BCUT2D eigenvalue weighted by atomic mass is 9.95. The van der Waals surface area contributed by atoms with E-state index < -0.39 is 31.0 Å². The quantitative estimate of drug-likeness (QED) is 0.665. The molecule has 0 N–H and O–H groups in total. The predicted molar refractivity (Wildman–Crippen MR) is 100 cm³/mol. The number of alkyl halides is 3. The fourth-order valence-electron chi connectivity index (χ4n) is 3.34. The normalized spacial score (nSPS) is 14.5. The van der Waals surface area contributed by atoms with Crippen molar-refractivity contribution in [1.82, 2.24) is 0 Å². The molecule has 2 aromatic rings. The molecule has 0 aromatic heterocycles. The van der Waals surface area contributed by atoms with Crippen LogP contribution in [0.4, 0.5) is 23.2 Å². The highest BCUT2D eigenvalue weighted by Gasteiger charge is 2.37. The number of unbranched alkanes of at least 4 members (excludes halogenated alkanes) is 1. The molecule has 3 nitrogen and oxygen atoms in total. The van der Waals surface area contributed by atoms with Gasteiger partial charge < -0.3 is 4.90 Å². The SMILES string of the molecule is CCCCc1cccc2c1N(CC(F)(F)F)C(=O)CN=C2c1ccccc1F. The van der Waals surface area contributed by atoms with E-state index in [1.807, 2.05) is 6.92 Å². The molecule has 1 amide bonds. The van der Waals surface area contributed by atoms with Crippen LogP contribution in [0.25, 0.3) is 0 Å². The van der Waals surface area contributed by atoms with Crippen LogP contribution in [0.3, 0.4) is 0 Å². The maximum absolute atomic E-state index is 14.4. The second-order valence-electron chi connectivity index (χ2n) is 6.66. The molecule has 0 fully saturated rings. The van der Waals surface area contributed by atoms with E-state index in [-0.39, 0.29) is 17.0 Å². The van der Waals surface area contributed by atoms with E-state index in [1.54, 1.807) is 24.3 Å². The Balaban J connectivity index is 2.21. The van der Waals surface area contributed by atoms with Crippen molar-refractivity contribution >= 4 is 17.3 Å².